The maximum Gasteiger partial charge on any atom is 0.203 e. The highest BCUT2D eigenvalue weighted by atomic mass is 32.3. The molecule has 0 atom stereocenters. The van der Waals surface area contributed by atoms with Crippen molar-refractivity contribution in [2.75, 3.05) is 18.8 Å². The Bertz CT molecular complexity index is 1320. The molecule has 0 radical (unpaired) electrons. The van der Waals surface area contributed by atoms with Crippen LogP contribution in [0.3, 0.4) is 0 Å². The summed E-state index contributed by atoms with van der Waals surface area (Å²) in [7, 11) is -5.17. The molecule has 2 aromatic carbocycles. The summed E-state index contributed by atoms with van der Waals surface area (Å²) in [5.41, 5.74) is 9.33. The van der Waals surface area contributed by atoms with Crippen LogP contribution in [0.5, 0.6) is 0 Å². The average Bonchev–Trinajstić information content (AvgIpc) is 2.67. The summed E-state index contributed by atoms with van der Waals surface area (Å²) in [4.78, 5) is 4.83. The predicted molar refractivity (Wildman–Crippen MR) is 109 cm³/mol. The van der Waals surface area contributed by atoms with E-state index in [0.29, 0.717) is 5.69 Å². The van der Waals surface area contributed by atoms with Crippen molar-refractivity contribution in [1.29, 1.82) is 0 Å². The van der Waals surface area contributed by atoms with Crippen LogP contribution in [0.2, 0.25) is 0 Å². The van der Waals surface area contributed by atoms with Crippen molar-refractivity contribution >= 4 is 38.0 Å². The molecule has 4 rings (SSSR count). The molecule has 29 heavy (non-hydrogen) atoms. The first-order valence-electron chi connectivity index (χ1n) is 8.97. The molecule has 0 unspecified atom stereocenters. The molecule has 1 aliphatic heterocycles. The topological polar surface area (TPSA) is 135 Å². The minimum atomic E-state index is -5.17. The third kappa shape index (κ3) is 4.70. The Kier molecular flexibility index (Phi) is 5.83. The van der Waals surface area contributed by atoms with Crippen molar-refractivity contribution in [3.8, 4) is 11.5 Å². The van der Waals surface area contributed by atoms with Gasteiger partial charge in [0.2, 0.25) is 5.36 Å². The lowest BCUT2D eigenvalue weighted by Crippen LogP contribution is -2.29. The van der Waals surface area contributed by atoms with Crippen LogP contribution in [0.15, 0.2) is 52.9 Å². The molecule has 8 nitrogen and oxygen atoms in total. The highest BCUT2D eigenvalue weighted by Gasteiger charge is 2.14. The van der Waals surface area contributed by atoms with E-state index in [0.717, 1.165) is 51.8 Å². The van der Waals surface area contributed by atoms with E-state index in [2.05, 4.69) is 30.6 Å². The van der Waals surface area contributed by atoms with E-state index in [1.54, 1.807) is 0 Å². The number of nitrogens with zero attached hydrogens (tertiary/aromatic N) is 2. The van der Waals surface area contributed by atoms with Crippen molar-refractivity contribution in [2.24, 2.45) is 0 Å². The smallest absolute Gasteiger partial charge is 0.203 e. The number of nitrogens with two attached hydrogens (primary N) is 1. The fourth-order valence-corrected chi connectivity index (χ4v) is 3.26. The van der Waals surface area contributed by atoms with Gasteiger partial charge in [0.25, 0.3) is 0 Å². The fourth-order valence-electron chi connectivity index (χ4n) is 3.26. The van der Waals surface area contributed by atoms with Gasteiger partial charge in [0.15, 0.2) is 11.3 Å². The summed E-state index contributed by atoms with van der Waals surface area (Å²) in [5.74, 6) is 0.779. The molecule has 2 aliphatic rings. The van der Waals surface area contributed by atoms with Gasteiger partial charge in [0, 0.05) is 39.0 Å². The number of aromatic nitrogens is 1. The van der Waals surface area contributed by atoms with E-state index >= 15 is 0 Å². The molecule has 0 amide bonds. The summed E-state index contributed by atoms with van der Waals surface area (Å²) in [5, 5.41) is 3.17. The van der Waals surface area contributed by atoms with E-state index in [9.17, 15) is 0 Å². The standard InChI is InChI=1S/C20H19N3O.H2O4S/c1-3-23(4-2)13-9-10-17-18(11-13)24-19-12-16(21)14-7-5-6-8-15(14)20(19)22-17;1-5(2,3)4/h5-12,21H,3-4H2,1-2H3;(H2,1,2,3,4)/p-1. The molecule has 0 spiro atoms. The quantitative estimate of drug-likeness (QED) is 0.133. The minimum Gasteiger partial charge on any atom is -0.759 e. The number of nitrogen functional groups attached to an aromatic ring is 1. The SMILES string of the molecule is CC[N+](CC)=c1ccc2nc3c(cc(N)c4ccccc43)oc-2c1.O=S(=O)([O-])[O-]. The molecule has 9 heteroatoms. The Labute approximate surface area is 167 Å². The second-order valence-electron chi connectivity index (χ2n) is 6.30. The third-order valence-corrected chi connectivity index (χ3v) is 4.54. The normalized spacial score (nSPS) is 11.4. The van der Waals surface area contributed by atoms with Gasteiger partial charge in [-0.15, -0.1) is 0 Å². The Morgan fingerprint density at radius 1 is 1.03 bits per heavy atom. The van der Waals surface area contributed by atoms with E-state index in [-0.39, 0.29) is 0 Å². The van der Waals surface area contributed by atoms with Gasteiger partial charge >= 0.3 is 0 Å². The maximum absolute atomic E-state index is 8.52. The van der Waals surface area contributed by atoms with Gasteiger partial charge in [-0.2, -0.15) is 0 Å². The molecule has 1 aliphatic carbocycles. The summed E-state index contributed by atoms with van der Waals surface area (Å²) >= 11 is 0. The van der Waals surface area contributed by atoms with E-state index in [4.69, 9.17) is 32.7 Å². The average molecular weight is 414 g/mol. The summed E-state index contributed by atoms with van der Waals surface area (Å²) < 4.78 is 42.5. The number of rotatable bonds is 2. The van der Waals surface area contributed by atoms with E-state index in [1.807, 2.05) is 36.4 Å². The largest absolute Gasteiger partial charge is 0.759 e. The molecule has 152 valence electrons. The van der Waals surface area contributed by atoms with Crippen LogP contribution < -0.4 is 15.7 Å². The van der Waals surface area contributed by atoms with Gasteiger partial charge in [0.05, 0.1) is 6.07 Å². The summed E-state index contributed by atoms with van der Waals surface area (Å²) in [6, 6.07) is 16.1. The van der Waals surface area contributed by atoms with Crippen molar-refractivity contribution < 1.29 is 21.9 Å². The van der Waals surface area contributed by atoms with Crippen LogP contribution >= 0.6 is 0 Å². The van der Waals surface area contributed by atoms with Crippen LogP contribution in [0.1, 0.15) is 13.8 Å². The first-order valence-corrected chi connectivity index (χ1v) is 10.3. The molecule has 2 aromatic rings. The molecule has 2 N–H and O–H groups in total. The van der Waals surface area contributed by atoms with E-state index < -0.39 is 10.4 Å². The van der Waals surface area contributed by atoms with Crippen molar-refractivity contribution in [2.45, 2.75) is 13.8 Å². The van der Waals surface area contributed by atoms with Crippen LogP contribution in [-0.4, -0.2) is 35.6 Å². The zero-order chi connectivity index (χ0) is 21.2. The van der Waals surface area contributed by atoms with Gasteiger partial charge in [-0.3, -0.25) is 8.42 Å². The lowest BCUT2D eigenvalue weighted by atomic mass is 10.1. The van der Waals surface area contributed by atoms with Gasteiger partial charge in [-0.1, -0.05) is 24.3 Å². The van der Waals surface area contributed by atoms with E-state index in [1.165, 1.54) is 0 Å². The zero-order valence-electron chi connectivity index (χ0n) is 16.0. The third-order valence-electron chi connectivity index (χ3n) is 4.54. The number of benzene rings is 3. The van der Waals surface area contributed by atoms with Gasteiger partial charge in [-0.25, -0.2) is 9.56 Å². The van der Waals surface area contributed by atoms with Crippen LogP contribution in [0.25, 0.3) is 33.3 Å². The molecule has 1 heterocycles. The highest BCUT2D eigenvalue weighted by molar-refractivity contribution is 7.79. The first-order chi connectivity index (χ1) is 13.7. The lowest BCUT2D eigenvalue weighted by molar-refractivity contribution is 0.352. The highest BCUT2D eigenvalue weighted by Crippen LogP contribution is 2.32. The Morgan fingerprint density at radius 2 is 1.66 bits per heavy atom. The molecule has 0 saturated heterocycles. The first kappa shape index (κ1) is 20.7. The second kappa shape index (κ2) is 8.16. The number of hydrogen-bond acceptors (Lipinski definition) is 7. The van der Waals surface area contributed by atoms with Crippen molar-refractivity contribution in [3.05, 3.63) is 53.9 Å². The van der Waals surface area contributed by atoms with Crippen molar-refractivity contribution in [1.82, 2.24) is 9.56 Å². The molecule has 0 fully saturated rings. The Morgan fingerprint density at radius 3 is 2.28 bits per heavy atom. The Balaban J connectivity index is 0.000000431. The zero-order valence-corrected chi connectivity index (χ0v) is 16.8. The van der Waals surface area contributed by atoms with Gasteiger partial charge in [-0.05, 0) is 19.9 Å². The molecule has 0 saturated carbocycles. The van der Waals surface area contributed by atoms with Crippen LogP contribution in [-0.2, 0) is 10.4 Å². The Hall–Kier alpha value is -3.01. The van der Waals surface area contributed by atoms with Gasteiger partial charge in [0.1, 0.15) is 24.3 Å². The monoisotopic (exact) mass is 414 g/mol. The second-order valence-corrected chi connectivity index (χ2v) is 7.12. The number of anilines is 1. The van der Waals surface area contributed by atoms with Gasteiger partial charge < -0.3 is 19.3 Å². The molecule has 0 bridgehead atoms. The summed E-state index contributed by atoms with van der Waals surface area (Å²) in [6.07, 6.45) is 0. The minimum absolute atomic E-state index is 0.711. The lowest BCUT2D eigenvalue weighted by Gasteiger charge is -2.10. The summed E-state index contributed by atoms with van der Waals surface area (Å²) in [6.45, 7) is 6.22. The maximum atomic E-state index is 8.52. The van der Waals surface area contributed by atoms with Crippen molar-refractivity contribution in [3.63, 3.8) is 0 Å². The fraction of sp³-hybridized carbons (Fsp3) is 0.200. The number of fused-ring (bicyclic) bond motifs is 4. The molecular formula is C20H20N3O5S-. The van der Waals surface area contributed by atoms with Crippen LogP contribution in [0.4, 0.5) is 5.69 Å². The molecular weight excluding hydrogens is 394 g/mol. The molecule has 0 aromatic heterocycles. The number of hydrogen-bond donors (Lipinski definition) is 1. The van der Waals surface area contributed by atoms with Crippen LogP contribution in [0, 0.1) is 0 Å². The predicted octanol–water partition coefficient (Wildman–Crippen LogP) is 2.14.